The number of carbonyl (C=O) groups is 1. The summed E-state index contributed by atoms with van der Waals surface area (Å²) in [5.41, 5.74) is 2.87. The van der Waals surface area contributed by atoms with Gasteiger partial charge in [0, 0.05) is 32.8 Å². The Labute approximate surface area is 258 Å². The number of benzene rings is 2. The molecule has 1 N–H and O–H groups in total. The Balaban J connectivity index is 1.37. The van der Waals surface area contributed by atoms with Crippen LogP contribution in [0.25, 0.3) is 43.5 Å². The van der Waals surface area contributed by atoms with Crippen molar-refractivity contribution in [1.29, 1.82) is 5.26 Å². The minimum Gasteiger partial charge on any atom is -0.491 e. The van der Waals surface area contributed by atoms with Gasteiger partial charge in [-0.15, -0.1) is 11.3 Å². The standard InChI is InChI=1S/C32H21ClFN5O4S/c1-16-10-22(30-29(37-16)24(15-44-30)32(41)42)21-12-19(33)6-7-26(21)43-9-8-39-17(2)38-25-14-36-28(18-4-3-5-20(34)11-18)23(13-35)27(25)31(39)40/h3-7,10-12,14-15H,8-9H2,1-2H3,(H,41,42). The number of thiophene rings is 1. The predicted octanol–water partition coefficient (Wildman–Crippen LogP) is 6.79. The van der Waals surface area contributed by atoms with Gasteiger partial charge in [-0.3, -0.25) is 19.3 Å². The highest BCUT2D eigenvalue weighted by molar-refractivity contribution is 7.18. The summed E-state index contributed by atoms with van der Waals surface area (Å²) in [6, 6.07) is 14.7. The van der Waals surface area contributed by atoms with Gasteiger partial charge in [-0.05, 0) is 50.2 Å². The number of aromatic nitrogens is 4. The van der Waals surface area contributed by atoms with Gasteiger partial charge in [0.05, 0.1) is 50.7 Å². The molecule has 9 nitrogen and oxygen atoms in total. The van der Waals surface area contributed by atoms with Crippen LogP contribution in [0.5, 0.6) is 5.75 Å². The first-order chi connectivity index (χ1) is 21.2. The minimum atomic E-state index is -1.06. The highest BCUT2D eigenvalue weighted by atomic mass is 35.5. The molecule has 0 radical (unpaired) electrons. The van der Waals surface area contributed by atoms with E-state index in [0.717, 1.165) is 5.56 Å². The van der Waals surface area contributed by atoms with Gasteiger partial charge in [0.25, 0.3) is 5.56 Å². The summed E-state index contributed by atoms with van der Waals surface area (Å²) >= 11 is 7.64. The van der Waals surface area contributed by atoms with E-state index >= 15 is 0 Å². The van der Waals surface area contributed by atoms with Crippen LogP contribution in [0, 0.1) is 31.0 Å². The van der Waals surface area contributed by atoms with Crippen LogP contribution in [0.3, 0.4) is 0 Å². The Bertz CT molecular complexity index is 2240. The summed E-state index contributed by atoms with van der Waals surface area (Å²) in [5, 5.41) is 21.7. The fraction of sp³-hybridized carbons (Fsp3) is 0.125. The van der Waals surface area contributed by atoms with Crippen molar-refractivity contribution < 1.29 is 19.0 Å². The Morgan fingerprint density at radius 3 is 2.73 bits per heavy atom. The number of fused-ring (bicyclic) bond motifs is 2. The lowest BCUT2D eigenvalue weighted by Crippen LogP contribution is -2.27. The van der Waals surface area contributed by atoms with Gasteiger partial charge >= 0.3 is 5.97 Å². The molecule has 0 spiro atoms. The lowest BCUT2D eigenvalue weighted by atomic mass is 10.0. The molecule has 0 unspecified atom stereocenters. The fourth-order valence-corrected chi connectivity index (χ4v) is 6.30. The van der Waals surface area contributed by atoms with E-state index in [1.165, 1.54) is 40.3 Å². The zero-order valence-corrected chi connectivity index (χ0v) is 24.8. The zero-order valence-electron chi connectivity index (χ0n) is 23.3. The van der Waals surface area contributed by atoms with Crippen LogP contribution in [0.4, 0.5) is 4.39 Å². The molecule has 218 valence electrons. The second kappa shape index (κ2) is 11.5. The summed E-state index contributed by atoms with van der Waals surface area (Å²) < 4.78 is 22.2. The van der Waals surface area contributed by atoms with Gasteiger partial charge in [0.15, 0.2) is 0 Å². The third-order valence-corrected chi connectivity index (χ3v) is 8.32. The Morgan fingerprint density at radius 2 is 1.98 bits per heavy atom. The van der Waals surface area contributed by atoms with Crippen LogP contribution in [-0.4, -0.2) is 37.2 Å². The maximum Gasteiger partial charge on any atom is 0.338 e. The lowest BCUT2D eigenvalue weighted by molar-refractivity contribution is 0.0699. The van der Waals surface area contributed by atoms with E-state index in [4.69, 9.17) is 16.3 Å². The van der Waals surface area contributed by atoms with E-state index in [1.807, 2.05) is 6.07 Å². The molecule has 12 heteroatoms. The average molecular weight is 626 g/mol. The van der Waals surface area contributed by atoms with Gasteiger partial charge in [0.1, 0.15) is 30.1 Å². The molecule has 0 aliphatic carbocycles. The van der Waals surface area contributed by atoms with Crippen LogP contribution < -0.4 is 10.3 Å². The molecule has 0 atom stereocenters. The number of carboxylic acid groups (broad SMARTS) is 1. The molecule has 6 rings (SSSR count). The van der Waals surface area contributed by atoms with Gasteiger partial charge in [-0.2, -0.15) is 5.26 Å². The third-order valence-electron chi connectivity index (χ3n) is 7.09. The zero-order chi connectivity index (χ0) is 31.1. The summed E-state index contributed by atoms with van der Waals surface area (Å²) in [7, 11) is 0. The minimum absolute atomic E-state index is 0.00834. The van der Waals surface area contributed by atoms with Crippen molar-refractivity contribution in [3.8, 4) is 34.2 Å². The molecule has 2 aromatic carbocycles. The molecule has 0 saturated carbocycles. The van der Waals surface area contributed by atoms with Gasteiger partial charge in [0.2, 0.25) is 0 Å². The molecule has 0 fully saturated rings. The Morgan fingerprint density at radius 1 is 1.16 bits per heavy atom. The number of ether oxygens (including phenoxy) is 1. The number of hydrogen-bond acceptors (Lipinski definition) is 8. The number of nitrogens with zero attached hydrogens (tertiary/aromatic N) is 5. The first kappa shape index (κ1) is 28.9. The first-order valence-corrected chi connectivity index (χ1v) is 14.5. The number of rotatable bonds is 7. The number of pyridine rings is 2. The molecule has 4 heterocycles. The number of carboxylic acids is 1. The number of aryl methyl sites for hydroxylation is 2. The monoisotopic (exact) mass is 625 g/mol. The van der Waals surface area contributed by atoms with Crippen molar-refractivity contribution in [2.45, 2.75) is 20.4 Å². The average Bonchev–Trinajstić information content (AvgIpc) is 3.42. The quantitative estimate of drug-likeness (QED) is 0.205. The van der Waals surface area contributed by atoms with Gasteiger partial charge in [-0.1, -0.05) is 23.7 Å². The van der Waals surface area contributed by atoms with Crippen molar-refractivity contribution in [2.24, 2.45) is 0 Å². The maximum absolute atomic E-state index is 13.9. The van der Waals surface area contributed by atoms with E-state index in [0.29, 0.717) is 43.6 Å². The molecule has 6 aromatic rings. The molecular formula is C32H21ClFN5O4S. The van der Waals surface area contributed by atoms with Crippen molar-refractivity contribution in [2.75, 3.05) is 6.61 Å². The third kappa shape index (κ3) is 5.15. The van der Waals surface area contributed by atoms with Crippen LogP contribution in [-0.2, 0) is 6.54 Å². The first-order valence-electron chi connectivity index (χ1n) is 13.3. The lowest BCUT2D eigenvalue weighted by Gasteiger charge is -2.16. The molecule has 0 aliphatic heterocycles. The van der Waals surface area contributed by atoms with E-state index in [-0.39, 0.29) is 40.9 Å². The van der Waals surface area contributed by atoms with Gasteiger partial charge < -0.3 is 9.84 Å². The molecule has 0 aliphatic rings. The fourth-order valence-electron chi connectivity index (χ4n) is 5.12. The van der Waals surface area contributed by atoms with Crippen molar-refractivity contribution in [3.63, 3.8) is 0 Å². The number of hydrogen-bond donors (Lipinski definition) is 1. The van der Waals surface area contributed by atoms with E-state index in [1.54, 1.807) is 43.5 Å². The van der Waals surface area contributed by atoms with Crippen LogP contribution in [0.15, 0.2) is 64.9 Å². The number of aromatic carboxylic acids is 1. The maximum atomic E-state index is 13.9. The topological polar surface area (TPSA) is 131 Å². The molecule has 0 bridgehead atoms. The van der Waals surface area contributed by atoms with Crippen LogP contribution in [0.2, 0.25) is 5.02 Å². The molecular weight excluding hydrogens is 605 g/mol. The normalized spacial score (nSPS) is 11.2. The smallest absolute Gasteiger partial charge is 0.338 e. The van der Waals surface area contributed by atoms with E-state index < -0.39 is 17.3 Å². The predicted molar refractivity (Wildman–Crippen MR) is 166 cm³/mol. The van der Waals surface area contributed by atoms with Crippen LogP contribution in [0.1, 0.15) is 27.4 Å². The van der Waals surface area contributed by atoms with E-state index in [9.17, 15) is 24.3 Å². The number of halogens is 2. The van der Waals surface area contributed by atoms with E-state index in [2.05, 4.69) is 21.0 Å². The van der Waals surface area contributed by atoms with Gasteiger partial charge in [-0.25, -0.2) is 14.2 Å². The molecule has 4 aromatic heterocycles. The Hall–Kier alpha value is -5.18. The van der Waals surface area contributed by atoms with Crippen molar-refractivity contribution in [3.05, 3.63) is 104 Å². The highest BCUT2D eigenvalue weighted by Crippen LogP contribution is 2.40. The summed E-state index contributed by atoms with van der Waals surface area (Å²) in [5.74, 6) is -0.680. The number of nitriles is 1. The molecule has 0 amide bonds. The molecule has 44 heavy (non-hydrogen) atoms. The SMILES string of the molecule is Cc1cc(-c2cc(Cl)ccc2OCCn2c(C)nc3cnc(-c4cccc(F)c4)c(C#N)c3c2=O)c2scc(C(=O)O)c2n1. The molecule has 0 saturated heterocycles. The largest absolute Gasteiger partial charge is 0.491 e. The van der Waals surface area contributed by atoms with Crippen LogP contribution >= 0.6 is 22.9 Å². The van der Waals surface area contributed by atoms with Crippen molar-refractivity contribution in [1.82, 2.24) is 19.5 Å². The Kier molecular flexibility index (Phi) is 7.55. The summed E-state index contributed by atoms with van der Waals surface area (Å²) in [6.07, 6.45) is 1.41. The summed E-state index contributed by atoms with van der Waals surface area (Å²) in [6.45, 7) is 3.62. The summed E-state index contributed by atoms with van der Waals surface area (Å²) in [4.78, 5) is 38.8. The van der Waals surface area contributed by atoms with Crippen molar-refractivity contribution >= 4 is 50.0 Å². The second-order valence-corrected chi connectivity index (χ2v) is 11.2. The second-order valence-electron chi connectivity index (χ2n) is 9.91. The highest BCUT2D eigenvalue weighted by Gasteiger charge is 2.20.